The van der Waals surface area contributed by atoms with Crippen molar-refractivity contribution in [2.24, 2.45) is 0 Å². The van der Waals surface area contributed by atoms with Crippen LogP contribution in [0.3, 0.4) is 0 Å². The van der Waals surface area contributed by atoms with Crippen LogP contribution in [0.5, 0.6) is 0 Å². The summed E-state index contributed by atoms with van der Waals surface area (Å²) in [4.78, 5) is 11.1. The Hall–Kier alpha value is -1.00. The Morgan fingerprint density at radius 2 is 2.00 bits per heavy atom. The minimum atomic E-state index is -0.879. The van der Waals surface area contributed by atoms with Gasteiger partial charge in [-0.15, -0.1) is 0 Å². The van der Waals surface area contributed by atoms with Crippen LogP contribution in [0.15, 0.2) is 30.3 Å². The third-order valence-corrected chi connectivity index (χ3v) is 2.56. The molecule has 0 unspecified atom stereocenters. The monoisotopic (exact) mass is 239 g/mol. The quantitative estimate of drug-likeness (QED) is 0.688. The van der Waals surface area contributed by atoms with Crippen molar-refractivity contribution in [1.29, 1.82) is 0 Å². The Morgan fingerprint density at radius 1 is 1.44 bits per heavy atom. The minimum Gasteiger partial charge on any atom is -0.480 e. The van der Waals surface area contributed by atoms with E-state index in [1.807, 2.05) is 30.3 Å². The molecule has 0 saturated carbocycles. The maximum absolute atomic E-state index is 11.1. The first-order chi connectivity index (χ1) is 7.41. The van der Waals surface area contributed by atoms with Gasteiger partial charge in [0.1, 0.15) is 6.04 Å². The van der Waals surface area contributed by atoms with Crippen LogP contribution in [0, 0.1) is 0 Å². The van der Waals surface area contributed by atoms with Crippen LogP contribution in [-0.2, 0) is 11.3 Å². The molecule has 1 aromatic carbocycles. The van der Waals surface area contributed by atoms with Crippen LogP contribution in [0.25, 0.3) is 0 Å². The van der Waals surface area contributed by atoms with Crippen molar-refractivity contribution in [2.75, 3.05) is 0 Å². The van der Waals surface area contributed by atoms with Crippen molar-refractivity contribution in [3.05, 3.63) is 35.9 Å². The average Bonchev–Trinajstić information content (AvgIpc) is 2.17. The van der Waals surface area contributed by atoms with Crippen LogP contribution in [0.4, 0.5) is 0 Å². The van der Waals surface area contributed by atoms with E-state index in [2.05, 4.69) is 17.9 Å². The highest BCUT2D eigenvalue weighted by molar-refractivity contribution is 7.81. The highest BCUT2D eigenvalue weighted by Gasteiger charge is 2.31. The number of benzene rings is 1. The first kappa shape index (κ1) is 13.1. The van der Waals surface area contributed by atoms with Gasteiger partial charge in [0, 0.05) is 11.3 Å². The van der Waals surface area contributed by atoms with Crippen molar-refractivity contribution in [1.82, 2.24) is 5.32 Å². The molecule has 0 radical (unpaired) electrons. The molecule has 0 aliphatic rings. The second-order valence-corrected chi connectivity index (χ2v) is 5.44. The fraction of sp³-hybridized carbons (Fsp3) is 0.417. The summed E-state index contributed by atoms with van der Waals surface area (Å²) >= 11 is 4.29. The summed E-state index contributed by atoms with van der Waals surface area (Å²) in [6.07, 6.45) is 0. The molecule has 88 valence electrons. The summed E-state index contributed by atoms with van der Waals surface area (Å²) in [7, 11) is 0. The smallest absolute Gasteiger partial charge is 0.322 e. The van der Waals surface area contributed by atoms with Gasteiger partial charge in [-0.05, 0) is 19.4 Å². The van der Waals surface area contributed by atoms with E-state index in [1.165, 1.54) is 0 Å². The van der Waals surface area contributed by atoms with Gasteiger partial charge in [-0.2, -0.15) is 12.6 Å². The SMILES string of the molecule is CC(C)(S)[C@H](NCc1ccccc1)C(=O)O. The van der Waals surface area contributed by atoms with Gasteiger partial charge < -0.3 is 5.11 Å². The van der Waals surface area contributed by atoms with Crippen LogP contribution in [-0.4, -0.2) is 21.9 Å². The normalized spacial score (nSPS) is 13.4. The Balaban J connectivity index is 2.62. The number of aliphatic carboxylic acids is 1. The lowest BCUT2D eigenvalue weighted by atomic mass is 10.0. The molecule has 0 spiro atoms. The van der Waals surface area contributed by atoms with Crippen molar-refractivity contribution in [3.8, 4) is 0 Å². The van der Waals surface area contributed by atoms with E-state index in [-0.39, 0.29) is 0 Å². The summed E-state index contributed by atoms with van der Waals surface area (Å²) in [5, 5.41) is 12.1. The molecule has 1 rings (SSSR count). The second-order valence-electron chi connectivity index (χ2n) is 4.29. The van der Waals surface area contributed by atoms with Crippen LogP contribution >= 0.6 is 12.6 Å². The lowest BCUT2D eigenvalue weighted by Gasteiger charge is -2.27. The third-order valence-electron chi connectivity index (χ3n) is 2.31. The zero-order valence-corrected chi connectivity index (χ0v) is 10.4. The zero-order valence-electron chi connectivity index (χ0n) is 9.47. The molecule has 0 saturated heterocycles. The molecule has 1 aromatic rings. The summed E-state index contributed by atoms with van der Waals surface area (Å²) in [6.45, 7) is 4.10. The van der Waals surface area contributed by atoms with Gasteiger partial charge in [0.05, 0.1) is 0 Å². The average molecular weight is 239 g/mol. The molecule has 0 aliphatic heterocycles. The van der Waals surface area contributed by atoms with Gasteiger partial charge >= 0.3 is 5.97 Å². The molecule has 0 heterocycles. The Bertz CT molecular complexity index is 346. The molecule has 2 N–H and O–H groups in total. The predicted molar refractivity (Wildman–Crippen MR) is 67.8 cm³/mol. The third kappa shape index (κ3) is 3.87. The summed E-state index contributed by atoms with van der Waals surface area (Å²) in [5.74, 6) is -0.879. The Labute approximate surface area is 101 Å². The predicted octanol–water partition coefficient (Wildman–Crippen LogP) is 1.94. The lowest BCUT2D eigenvalue weighted by molar-refractivity contribution is -0.140. The van der Waals surface area contributed by atoms with Crippen molar-refractivity contribution < 1.29 is 9.90 Å². The van der Waals surface area contributed by atoms with Crippen molar-refractivity contribution in [3.63, 3.8) is 0 Å². The number of carbonyl (C=O) groups is 1. The van der Waals surface area contributed by atoms with Crippen molar-refractivity contribution in [2.45, 2.75) is 31.2 Å². The first-order valence-electron chi connectivity index (χ1n) is 5.14. The molecule has 0 fully saturated rings. The Morgan fingerprint density at radius 3 is 2.44 bits per heavy atom. The molecule has 0 bridgehead atoms. The number of hydrogen-bond donors (Lipinski definition) is 3. The lowest BCUT2D eigenvalue weighted by Crippen LogP contribution is -2.48. The molecule has 0 amide bonds. The highest BCUT2D eigenvalue weighted by Crippen LogP contribution is 2.18. The molecule has 3 nitrogen and oxygen atoms in total. The number of rotatable bonds is 5. The first-order valence-corrected chi connectivity index (χ1v) is 5.58. The van der Waals surface area contributed by atoms with Crippen LogP contribution < -0.4 is 5.32 Å². The fourth-order valence-electron chi connectivity index (χ4n) is 1.46. The van der Waals surface area contributed by atoms with E-state index in [0.29, 0.717) is 6.54 Å². The zero-order chi connectivity index (χ0) is 12.2. The minimum absolute atomic E-state index is 0.530. The second kappa shape index (κ2) is 5.37. The summed E-state index contributed by atoms with van der Waals surface area (Å²) < 4.78 is -0.597. The van der Waals surface area contributed by atoms with E-state index in [1.54, 1.807) is 13.8 Å². The molecule has 4 heteroatoms. The standard InChI is InChI=1S/C12H17NO2S/c1-12(2,16)10(11(14)15)13-8-9-6-4-3-5-7-9/h3-7,10,13,16H,8H2,1-2H3,(H,14,15)/t10-/m1/s1. The van der Waals surface area contributed by atoms with Crippen LogP contribution in [0.1, 0.15) is 19.4 Å². The fourth-order valence-corrected chi connectivity index (χ4v) is 1.66. The maximum Gasteiger partial charge on any atom is 0.322 e. The van der Waals surface area contributed by atoms with E-state index >= 15 is 0 Å². The number of nitrogens with one attached hydrogen (secondary N) is 1. The van der Waals surface area contributed by atoms with E-state index in [0.717, 1.165) is 5.56 Å². The topological polar surface area (TPSA) is 49.3 Å². The molecular weight excluding hydrogens is 222 g/mol. The van der Waals surface area contributed by atoms with Gasteiger partial charge in [-0.25, -0.2) is 0 Å². The van der Waals surface area contributed by atoms with Gasteiger partial charge in [0.15, 0.2) is 0 Å². The molecule has 0 aromatic heterocycles. The maximum atomic E-state index is 11.1. The molecular formula is C12H17NO2S. The number of hydrogen-bond acceptors (Lipinski definition) is 3. The summed E-state index contributed by atoms with van der Waals surface area (Å²) in [5.41, 5.74) is 1.06. The van der Waals surface area contributed by atoms with E-state index in [9.17, 15) is 4.79 Å². The Kier molecular flexibility index (Phi) is 4.38. The number of carboxylic acid groups (broad SMARTS) is 1. The van der Waals surface area contributed by atoms with Gasteiger partial charge in [0.2, 0.25) is 0 Å². The van der Waals surface area contributed by atoms with Gasteiger partial charge in [0.25, 0.3) is 0 Å². The summed E-state index contributed by atoms with van der Waals surface area (Å²) in [6, 6.07) is 9.03. The highest BCUT2D eigenvalue weighted by atomic mass is 32.1. The van der Waals surface area contributed by atoms with E-state index in [4.69, 9.17) is 5.11 Å². The molecule has 1 atom stereocenters. The van der Waals surface area contributed by atoms with Gasteiger partial charge in [-0.3, -0.25) is 10.1 Å². The van der Waals surface area contributed by atoms with Gasteiger partial charge in [-0.1, -0.05) is 30.3 Å². The largest absolute Gasteiger partial charge is 0.480 e. The molecule has 0 aliphatic carbocycles. The van der Waals surface area contributed by atoms with Crippen LogP contribution in [0.2, 0.25) is 0 Å². The number of thiol groups is 1. The van der Waals surface area contributed by atoms with E-state index < -0.39 is 16.8 Å². The van der Waals surface area contributed by atoms with Crippen molar-refractivity contribution >= 4 is 18.6 Å². The molecule has 16 heavy (non-hydrogen) atoms. The number of carboxylic acids is 1.